The molecule has 15 heavy (non-hydrogen) atoms. The van der Waals surface area contributed by atoms with Crippen LogP contribution in [-0.4, -0.2) is 15.4 Å². The second-order valence-corrected chi connectivity index (χ2v) is 4.28. The van der Waals surface area contributed by atoms with Crippen molar-refractivity contribution in [3.8, 4) is 0 Å². The van der Waals surface area contributed by atoms with Crippen LogP contribution in [0.1, 0.15) is 18.3 Å². The molecule has 2 heterocycles. The highest BCUT2D eigenvalue weighted by Gasteiger charge is 2.06. The predicted octanol–water partition coefficient (Wildman–Crippen LogP) is 2.19. The number of hydrogen-bond donors (Lipinski definition) is 1. The van der Waals surface area contributed by atoms with Gasteiger partial charge >= 0.3 is 0 Å². The van der Waals surface area contributed by atoms with Crippen molar-refractivity contribution < 1.29 is 0 Å². The summed E-state index contributed by atoms with van der Waals surface area (Å²) in [5.41, 5.74) is 7.91. The third-order valence-electron chi connectivity index (χ3n) is 2.39. The number of aryl methyl sites for hydroxylation is 1. The van der Waals surface area contributed by atoms with Crippen molar-refractivity contribution in [1.82, 2.24) is 9.38 Å². The summed E-state index contributed by atoms with van der Waals surface area (Å²) < 4.78 is 2.00. The first-order valence-corrected chi connectivity index (χ1v) is 5.34. The van der Waals surface area contributed by atoms with E-state index in [-0.39, 0.29) is 6.04 Å². The zero-order chi connectivity index (χ0) is 11.0. The minimum Gasteiger partial charge on any atom is -0.328 e. The van der Waals surface area contributed by atoms with Crippen molar-refractivity contribution in [3.05, 3.63) is 34.9 Å². The Labute approximate surface area is 93.9 Å². The summed E-state index contributed by atoms with van der Waals surface area (Å²) >= 11 is 5.98. The zero-order valence-corrected chi connectivity index (χ0v) is 9.62. The molecule has 2 aromatic heterocycles. The van der Waals surface area contributed by atoms with E-state index >= 15 is 0 Å². The van der Waals surface area contributed by atoms with Gasteiger partial charge in [0.15, 0.2) is 5.15 Å². The number of nitrogens with zero attached hydrogens (tertiary/aromatic N) is 2. The molecule has 0 aliphatic carbocycles. The van der Waals surface area contributed by atoms with Crippen molar-refractivity contribution >= 4 is 17.1 Å². The number of hydrogen-bond acceptors (Lipinski definition) is 2. The molecule has 0 fully saturated rings. The van der Waals surface area contributed by atoms with Crippen molar-refractivity contribution in [1.29, 1.82) is 0 Å². The van der Waals surface area contributed by atoms with Gasteiger partial charge in [-0.05, 0) is 31.9 Å². The number of nitrogens with two attached hydrogens (primary N) is 1. The van der Waals surface area contributed by atoms with Gasteiger partial charge in [0.25, 0.3) is 0 Å². The van der Waals surface area contributed by atoms with Crippen LogP contribution < -0.4 is 5.73 Å². The molecule has 0 aromatic carbocycles. The van der Waals surface area contributed by atoms with Crippen LogP contribution in [0.15, 0.2) is 18.3 Å². The van der Waals surface area contributed by atoms with Crippen LogP contribution in [0.3, 0.4) is 0 Å². The van der Waals surface area contributed by atoms with Crippen LogP contribution in [0, 0.1) is 6.92 Å². The smallest absolute Gasteiger partial charge is 0.155 e. The first-order chi connectivity index (χ1) is 7.08. The molecule has 0 saturated carbocycles. The molecule has 2 aromatic rings. The van der Waals surface area contributed by atoms with Gasteiger partial charge in [0.1, 0.15) is 5.82 Å². The van der Waals surface area contributed by atoms with E-state index in [1.165, 1.54) is 5.56 Å². The van der Waals surface area contributed by atoms with Gasteiger partial charge in [-0.3, -0.25) is 0 Å². The standard InChI is InChI=1S/C11H14ClN3/c1-7(13)5-9-3-4-10-11(12)14-8(2)15(10)6-9/h3-4,6-7H,5,13H2,1-2H3. The molecule has 0 bridgehead atoms. The maximum absolute atomic E-state index is 5.98. The second kappa shape index (κ2) is 3.83. The van der Waals surface area contributed by atoms with E-state index in [2.05, 4.69) is 4.98 Å². The van der Waals surface area contributed by atoms with Crippen molar-refractivity contribution in [3.63, 3.8) is 0 Å². The lowest BCUT2D eigenvalue weighted by atomic mass is 10.1. The minimum atomic E-state index is 0.168. The summed E-state index contributed by atoms with van der Waals surface area (Å²) in [4.78, 5) is 4.21. The monoisotopic (exact) mass is 223 g/mol. The molecule has 0 aliphatic rings. The Morgan fingerprint density at radius 1 is 1.53 bits per heavy atom. The molecule has 3 nitrogen and oxygen atoms in total. The molecule has 2 N–H and O–H groups in total. The van der Waals surface area contributed by atoms with E-state index in [9.17, 15) is 0 Å². The third kappa shape index (κ3) is 1.98. The van der Waals surface area contributed by atoms with Crippen molar-refractivity contribution in [2.45, 2.75) is 26.3 Å². The molecule has 0 radical (unpaired) electrons. The Balaban J connectivity index is 2.50. The van der Waals surface area contributed by atoms with E-state index in [0.29, 0.717) is 5.15 Å². The van der Waals surface area contributed by atoms with Gasteiger partial charge in [-0.25, -0.2) is 4.98 Å². The summed E-state index contributed by atoms with van der Waals surface area (Å²) in [7, 11) is 0. The second-order valence-electron chi connectivity index (χ2n) is 3.92. The van der Waals surface area contributed by atoms with E-state index in [1.807, 2.05) is 36.6 Å². The van der Waals surface area contributed by atoms with Gasteiger partial charge in [0, 0.05) is 12.2 Å². The number of pyridine rings is 1. The molecule has 80 valence electrons. The highest BCUT2D eigenvalue weighted by molar-refractivity contribution is 6.32. The molecule has 0 saturated heterocycles. The predicted molar refractivity (Wildman–Crippen MR) is 62.3 cm³/mol. The topological polar surface area (TPSA) is 43.3 Å². The highest BCUT2D eigenvalue weighted by Crippen LogP contribution is 2.18. The van der Waals surface area contributed by atoms with Crippen LogP contribution in [-0.2, 0) is 6.42 Å². The maximum Gasteiger partial charge on any atom is 0.155 e. The van der Waals surface area contributed by atoms with Gasteiger partial charge in [0.05, 0.1) is 5.52 Å². The van der Waals surface area contributed by atoms with E-state index in [1.54, 1.807) is 0 Å². The molecule has 1 atom stereocenters. The molecule has 0 amide bonds. The quantitative estimate of drug-likeness (QED) is 0.848. The van der Waals surface area contributed by atoms with Crippen LogP contribution in [0.2, 0.25) is 5.15 Å². The van der Waals surface area contributed by atoms with Gasteiger partial charge < -0.3 is 10.1 Å². The van der Waals surface area contributed by atoms with E-state index in [0.717, 1.165) is 17.8 Å². The maximum atomic E-state index is 5.98. The van der Waals surface area contributed by atoms with Crippen molar-refractivity contribution in [2.24, 2.45) is 5.73 Å². The fraction of sp³-hybridized carbons (Fsp3) is 0.364. The summed E-state index contributed by atoms with van der Waals surface area (Å²) in [6.07, 6.45) is 2.91. The van der Waals surface area contributed by atoms with Crippen LogP contribution in [0.5, 0.6) is 0 Å². The lowest BCUT2D eigenvalue weighted by Gasteiger charge is -2.06. The number of imidazole rings is 1. The Hall–Kier alpha value is -1.06. The Morgan fingerprint density at radius 2 is 2.27 bits per heavy atom. The fourth-order valence-corrected chi connectivity index (χ4v) is 2.00. The first-order valence-electron chi connectivity index (χ1n) is 4.96. The van der Waals surface area contributed by atoms with E-state index in [4.69, 9.17) is 17.3 Å². The van der Waals surface area contributed by atoms with Crippen LogP contribution >= 0.6 is 11.6 Å². The normalized spacial score (nSPS) is 13.3. The minimum absolute atomic E-state index is 0.168. The molecule has 0 aliphatic heterocycles. The van der Waals surface area contributed by atoms with Gasteiger partial charge in [0.2, 0.25) is 0 Å². The van der Waals surface area contributed by atoms with Crippen LogP contribution in [0.25, 0.3) is 5.52 Å². The van der Waals surface area contributed by atoms with Gasteiger partial charge in [-0.15, -0.1) is 0 Å². The summed E-state index contributed by atoms with van der Waals surface area (Å²) in [6, 6.07) is 4.20. The lowest BCUT2D eigenvalue weighted by Crippen LogP contribution is -2.17. The molecular formula is C11H14ClN3. The third-order valence-corrected chi connectivity index (χ3v) is 2.67. The van der Waals surface area contributed by atoms with E-state index < -0.39 is 0 Å². The molecule has 0 spiro atoms. The Bertz CT molecular complexity index is 488. The number of aromatic nitrogens is 2. The first kappa shape index (κ1) is 10.5. The molecular weight excluding hydrogens is 210 g/mol. The Morgan fingerprint density at radius 3 is 2.93 bits per heavy atom. The molecule has 1 unspecified atom stereocenters. The lowest BCUT2D eigenvalue weighted by molar-refractivity contribution is 0.734. The number of halogens is 1. The zero-order valence-electron chi connectivity index (χ0n) is 8.87. The van der Waals surface area contributed by atoms with Gasteiger partial charge in [-0.2, -0.15) is 0 Å². The highest BCUT2D eigenvalue weighted by atomic mass is 35.5. The Kier molecular flexibility index (Phi) is 2.67. The fourth-order valence-electron chi connectivity index (χ4n) is 1.73. The summed E-state index contributed by atoms with van der Waals surface area (Å²) in [6.45, 7) is 3.94. The van der Waals surface area contributed by atoms with Crippen LogP contribution in [0.4, 0.5) is 0 Å². The number of rotatable bonds is 2. The number of fused-ring (bicyclic) bond motifs is 1. The molecule has 2 rings (SSSR count). The largest absolute Gasteiger partial charge is 0.328 e. The van der Waals surface area contributed by atoms with Crippen molar-refractivity contribution in [2.75, 3.05) is 0 Å². The summed E-state index contributed by atoms with van der Waals surface area (Å²) in [5, 5.41) is 0.555. The van der Waals surface area contributed by atoms with Gasteiger partial charge in [-0.1, -0.05) is 17.7 Å². The SMILES string of the molecule is Cc1nc(Cl)c2ccc(CC(C)N)cn12. The average molecular weight is 224 g/mol. The molecule has 4 heteroatoms. The average Bonchev–Trinajstić information content (AvgIpc) is 2.41. The summed E-state index contributed by atoms with van der Waals surface area (Å²) in [5.74, 6) is 0.904.